The minimum atomic E-state index is -0.905. The Morgan fingerprint density at radius 2 is 1.95 bits per heavy atom. The molecule has 1 aliphatic rings. The first kappa shape index (κ1) is 14.6. The SMILES string of the molecule is CC1CCN(c2nncc(Nc3ccc(F)c(F)c3)n2)CC1. The number of rotatable bonds is 3. The van der Waals surface area contributed by atoms with Gasteiger partial charge in [0.25, 0.3) is 0 Å². The van der Waals surface area contributed by atoms with Gasteiger partial charge in [-0.3, -0.25) is 0 Å². The minimum Gasteiger partial charge on any atom is -0.339 e. The quantitative estimate of drug-likeness (QED) is 0.944. The van der Waals surface area contributed by atoms with Gasteiger partial charge in [-0.1, -0.05) is 6.92 Å². The Kier molecular flexibility index (Phi) is 4.13. The van der Waals surface area contributed by atoms with Crippen LogP contribution in [0.2, 0.25) is 0 Å². The second-order valence-corrected chi connectivity index (χ2v) is 5.57. The molecular formula is C15H17F2N5. The van der Waals surface area contributed by atoms with Crippen LogP contribution in [0.25, 0.3) is 0 Å². The van der Waals surface area contributed by atoms with E-state index in [1.54, 1.807) is 0 Å². The summed E-state index contributed by atoms with van der Waals surface area (Å²) < 4.78 is 26.1. The lowest BCUT2D eigenvalue weighted by atomic mass is 10.00. The molecule has 2 aromatic rings. The maximum absolute atomic E-state index is 13.2. The Morgan fingerprint density at radius 1 is 1.18 bits per heavy atom. The number of nitrogens with one attached hydrogen (secondary N) is 1. The van der Waals surface area contributed by atoms with E-state index in [9.17, 15) is 8.78 Å². The van der Waals surface area contributed by atoms with E-state index in [0.29, 0.717) is 23.4 Å². The molecular weight excluding hydrogens is 288 g/mol. The lowest BCUT2D eigenvalue weighted by molar-refractivity contribution is 0.433. The molecule has 1 saturated heterocycles. The van der Waals surface area contributed by atoms with Crippen molar-refractivity contribution < 1.29 is 8.78 Å². The second kappa shape index (κ2) is 6.21. The van der Waals surface area contributed by atoms with Gasteiger partial charge < -0.3 is 10.2 Å². The number of benzene rings is 1. The van der Waals surface area contributed by atoms with E-state index in [1.807, 2.05) is 0 Å². The van der Waals surface area contributed by atoms with Gasteiger partial charge in [-0.15, -0.1) is 5.10 Å². The molecule has 2 heterocycles. The van der Waals surface area contributed by atoms with Crippen LogP contribution >= 0.6 is 0 Å². The van der Waals surface area contributed by atoms with Gasteiger partial charge in [-0.05, 0) is 30.9 Å². The van der Waals surface area contributed by atoms with Crippen molar-refractivity contribution >= 4 is 17.5 Å². The van der Waals surface area contributed by atoms with Crippen LogP contribution in [0.15, 0.2) is 24.4 Å². The van der Waals surface area contributed by atoms with Gasteiger partial charge in [0.15, 0.2) is 17.5 Å². The minimum absolute atomic E-state index is 0.414. The second-order valence-electron chi connectivity index (χ2n) is 5.57. The van der Waals surface area contributed by atoms with Crippen molar-refractivity contribution in [1.29, 1.82) is 0 Å². The number of hydrogen-bond donors (Lipinski definition) is 1. The summed E-state index contributed by atoms with van der Waals surface area (Å²) in [7, 11) is 0. The first-order chi connectivity index (χ1) is 10.6. The molecule has 5 nitrogen and oxygen atoms in total. The fraction of sp³-hybridized carbons (Fsp3) is 0.400. The van der Waals surface area contributed by atoms with Gasteiger partial charge in [0.1, 0.15) is 0 Å². The fourth-order valence-electron chi connectivity index (χ4n) is 2.42. The Bertz CT molecular complexity index is 656. The van der Waals surface area contributed by atoms with Crippen molar-refractivity contribution in [3.63, 3.8) is 0 Å². The molecule has 0 radical (unpaired) electrons. The number of hydrogen-bond acceptors (Lipinski definition) is 5. The average Bonchev–Trinajstić information content (AvgIpc) is 2.52. The van der Waals surface area contributed by atoms with Crippen molar-refractivity contribution in [2.75, 3.05) is 23.3 Å². The third-order valence-corrected chi connectivity index (χ3v) is 3.81. The highest BCUT2D eigenvalue weighted by molar-refractivity contribution is 5.56. The molecule has 0 amide bonds. The normalized spacial score (nSPS) is 15.9. The fourth-order valence-corrected chi connectivity index (χ4v) is 2.42. The Labute approximate surface area is 127 Å². The molecule has 1 aromatic heterocycles. The van der Waals surface area contributed by atoms with Crippen LogP contribution in [0.1, 0.15) is 19.8 Å². The van der Waals surface area contributed by atoms with E-state index < -0.39 is 11.6 Å². The zero-order chi connectivity index (χ0) is 15.5. The summed E-state index contributed by atoms with van der Waals surface area (Å²) in [6, 6.07) is 3.60. The van der Waals surface area contributed by atoms with E-state index in [-0.39, 0.29) is 0 Å². The van der Waals surface area contributed by atoms with Crippen LogP contribution < -0.4 is 10.2 Å². The molecule has 22 heavy (non-hydrogen) atoms. The van der Waals surface area contributed by atoms with Gasteiger partial charge in [-0.2, -0.15) is 10.1 Å². The maximum Gasteiger partial charge on any atom is 0.247 e. The van der Waals surface area contributed by atoms with Crippen LogP contribution in [-0.2, 0) is 0 Å². The molecule has 116 valence electrons. The summed E-state index contributed by atoms with van der Waals surface area (Å²) in [5.74, 6) is -0.0615. The van der Waals surface area contributed by atoms with Crippen molar-refractivity contribution in [1.82, 2.24) is 15.2 Å². The average molecular weight is 305 g/mol. The van der Waals surface area contributed by atoms with Crippen LogP contribution in [0.5, 0.6) is 0 Å². The van der Waals surface area contributed by atoms with Crippen LogP contribution in [0.4, 0.5) is 26.2 Å². The van der Waals surface area contributed by atoms with Gasteiger partial charge in [-0.25, -0.2) is 8.78 Å². The van der Waals surface area contributed by atoms with Crippen molar-refractivity contribution in [2.45, 2.75) is 19.8 Å². The molecule has 0 spiro atoms. The van der Waals surface area contributed by atoms with Crippen molar-refractivity contribution in [2.24, 2.45) is 5.92 Å². The summed E-state index contributed by atoms with van der Waals surface area (Å²) in [6.45, 7) is 4.03. The highest BCUT2D eigenvalue weighted by Gasteiger charge is 2.18. The molecule has 0 atom stereocenters. The number of nitrogens with zero attached hydrogens (tertiary/aromatic N) is 4. The summed E-state index contributed by atoms with van der Waals surface area (Å²) in [5.41, 5.74) is 0.414. The highest BCUT2D eigenvalue weighted by atomic mass is 19.2. The molecule has 0 saturated carbocycles. The lowest BCUT2D eigenvalue weighted by Crippen LogP contribution is -2.34. The molecule has 0 aliphatic carbocycles. The van der Waals surface area contributed by atoms with Gasteiger partial charge in [0.05, 0.1) is 6.20 Å². The van der Waals surface area contributed by atoms with E-state index in [4.69, 9.17) is 0 Å². The molecule has 1 N–H and O–H groups in total. The highest BCUT2D eigenvalue weighted by Crippen LogP contribution is 2.22. The van der Waals surface area contributed by atoms with Crippen LogP contribution in [-0.4, -0.2) is 28.3 Å². The Hall–Kier alpha value is -2.31. The predicted octanol–water partition coefficient (Wildman–Crippen LogP) is 3.13. The number of piperidine rings is 1. The Balaban J connectivity index is 1.74. The first-order valence-corrected chi connectivity index (χ1v) is 7.28. The molecule has 3 rings (SSSR count). The number of halogens is 2. The number of aromatic nitrogens is 3. The van der Waals surface area contributed by atoms with Gasteiger partial charge in [0, 0.05) is 24.8 Å². The molecule has 7 heteroatoms. The topological polar surface area (TPSA) is 53.9 Å². The predicted molar refractivity (Wildman–Crippen MR) is 80.1 cm³/mol. The van der Waals surface area contributed by atoms with E-state index in [0.717, 1.165) is 38.1 Å². The lowest BCUT2D eigenvalue weighted by Gasteiger charge is -2.29. The molecule has 0 unspecified atom stereocenters. The third kappa shape index (κ3) is 3.29. The zero-order valence-electron chi connectivity index (χ0n) is 12.3. The van der Waals surface area contributed by atoms with Gasteiger partial charge in [0.2, 0.25) is 5.95 Å². The monoisotopic (exact) mass is 305 g/mol. The molecule has 1 fully saturated rings. The molecule has 0 bridgehead atoms. The van der Waals surface area contributed by atoms with Crippen molar-refractivity contribution in [3.05, 3.63) is 36.0 Å². The molecule has 1 aromatic carbocycles. The van der Waals surface area contributed by atoms with E-state index >= 15 is 0 Å². The van der Waals surface area contributed by atoms with Gasteiger partial charge >= 0.3 is 0 Å². The summed E-state index contributed by atoms with van der Waals surface area (Å²) >= 11 is 0. The van der Waals surface area contributed by atoms with Crippen molar-refractivity contribution in [3.8, 4) is 0 Å². The first-order valence-electron chi connectivity index (χ1n) is 7.28. The maximum atomic E-state index is 13.2. The largest absolute Gasteiger partial charge is 0.339 e. The van der Waals surface area contributed by atoms with E-state index in [2.05, 4.69) is 32.3 Å². The summed E-state index contributed by atoms with van der Waals surface area (Å²) in [4.78, 5) is 6.48. The zero-order valence-corrected chi connectivity index (χ0v) is 12.3. The van der Waals surface area contributed by atoms with E-state index in [1.165, 1.54) is 12.3 Å². The smallest absolute Gasteiger partial charge is 0.247 e. The number of anilines is 3. The molecule has 1 aliphatic heterocycles. The van der Waals surface area contributed by atoms with Crippen LogP contribution in [0, 0.1) is 17.6 Å². The summed E-state index contributed by atoms with van der Waals surface area (Å²) in [5, 5.41) is 10.9. The third-order valence-electron chi connectivity index (χ3n) is 3.81. The summed E-state index contributed by atoms with van der Waals surface area (Å²) in [6.07, 6.45) is 3.66. The Morgan fingerprint density at radius 3 is 2.68 bits per heavy atom. The van der Waals surface area contributed by atoms with Crippen LogP contribution in [0.3, 0.4) is 0 Å². The standard InChI is InChI=1S/C15H17F2N5/c1-10-4-6-22(7-5-10)15-20-14(9-18-21-15)19-11-2-3-12(16)13(17)8-11/h2-3,8-10H,4-7H2,1H3,(H,19,20,21).